The lowest BCUT2D eigenvalue weighted by Crippen LogP contribution is -2.61. The zero-order valence-electron chi connectivity index (χ0n) is 53.9. The number of carboxylic acids is 1. The van der Waals surface area contributed by atoms with Crippen molar-refractivity contribution in [3.8, 4) is 0 Å². The maximum absolute atomic E-state index is 13.5. The number of fused-ring (bicyclic) bond motifs is 2. The number of allylic oxidation sites excluding steroid dienone is 3. The van der Waals surface area contributed by atoms with Gasteiger partial charge in [-0.25, -0.2) is 19.2 Å². The number of nitrogens with two attached hydrogens (primary N) is 2. The largest absolute Gasteiger partial charge is 0.478 e. The number of hydrogen-bond acceptors (Lipinski definition) is 15. The molecule has 22 heteroatoms. The van der Waals surface area contributed by atoms with Crippen molar-refractivity contribution in [2.45, 2.75) is 216 Å². The first kappa shape index (κ1) is 74.6. The second-order valence-corrected chi connectivity index (χ2v) is 25.0. The van der Waals surface area contributed by atoms with Crippen LogP contribution in [0.1, 0.15) is 185 Å². The van der Waals surface area contributed by atoms with Crippen LogP contribution in [0.3, 0.4) is 0 Å². The molecule has 3 fully saturated rings. The van der Waals surface area contributed by atoms with E-state index < -0.39 is 89.1 Å². The van der Waals surface area contributed by atoms with Gasteiger partial charge in [-0.3, -0.25) is 24.0 Å². The Morgan fingerprint density at radius 2 is 1.52 bits per heavy atom. The van der Waals surface area contributed by atoms with Gasteiger partial charge in [-0.15, -0.1) is 0 Å². The average molecular weight is 1220 g/mol. The number of amides is 6. The van der Waals surface area contributed by atoms with Gasteiger partial charge in [-0.1, -0.05) is 111 Å². The molecule has 2 bridgehead atoms. The van der Waals surface area contributed by atoms with Crippen molar-refractivity contribution in [1.82, 2.24) is 21.3 Å². The number of rotatable bonds is 31. The smallest absolute Gasteiger partial charge is 0.330 e. The van der Waals surface area contributed by atoms with E-state index >= 15 is 0 Å². The number of epoxide rings is 1. The van der Waals surface area contributed by atoms with Crippen molar-refractivity contribution in [1.29, 1.82) is 0 Å². The summed E-state index contributed by atoms with van der Waals surface area (Å²) in [5.41, 5.74) is 12.9. The predicted molar refractivity (Wildman–Crippen MR) is 331 cm³/mol. The van der Waals surface area contributed by atoms with Gasteiger partial charge in [0.25, 0.3) is 0 Å². The first-order valence-electron chi connectivity index (χ1n) is 31.0. The van der Waals surface area contributed by atoms with Crippen molar-refractivity contribution in [2.75, 3.05) is 38.2 Å². The fourth-order valence-electron chi connectivity index (χ4n) is 11.7. The molecular formula is C65H103N7O15. The number of primary amides is 1. The number of urea groups is 1. The molecule has 22 nitrogen and oxygen atoms in total. The molecule has 2 heterocycles. The second kappa shape index (κ2) is 35.4. The van der Waals surface area contributed by atoms with Gasteiger partial charge in [-0.2, -0.15) is 0 Å². The van der Waals surface area contributed by atoms with Gasteiger partial charge in [0.1, 0.15) is 29.8 Å². The van der Waals surface area contributed by atoms with Crippen LogP contribution in [0.15, 0.2) is 60.2 Å². The molecule has 2 aliphatic carbocycles. The van der Waals surface area contributed by atoms with E-state index in [9.17, 15) is 43.2 Å². The highest BCUT2D eigenvalue weighted by atomic mass is 16.6. The van der Waals surface area contributed by atoms with Gasteiger partial charge in [0, 0.05) is 47.6 Å². The lowest BCUT2D eigenvalue weighted by Gasteiger charge is -2.56. The van der Waals surface area contributed by atoms with E-state index in [1.54, 1.807) is 52.0 Å². The quantitative estimate of drug-likeness (QED) is 0.00661. The summed E-state index contributed by atoms with van der Waals surface area (Å²) in [5.74, 6) is -5.78. The molecule has 87 heavy (non-hydrogen) atoms. The Morgan fingerprint density at radius 3 is 2.09 bits per heavy atom. The molecule has 6 unspecified atom stereocenters. The fourth-order valence-corrected chi connectivity index (χ4v) is 11.7. The SMILES string of the molecule is CC1=C[C@H]2OC3CCC(C)([C@]34CO4)[C@@]2(C)CC1.CCCNC(N)=O.CCOC(=O)C(NC(=O)C(C)CC(C)(C)CC(=O)OC(C)c1ccc(NC(=O)[C@H](C)NC(=O)C(NC(=O)CCCCCN)C(C)C)cc1)[C@H](CC)CCOC(=O)/C=C/C=C\C(=O)O. The number of aliphatic carboxylic acids is 1. The number of anilines is 1. The molecule has 1 saturated carbocycles. The van der Waals surface area contributed by atoms with Gasteiger partial charge < -0.3 is 66.8 Å². The summed E-state index contributed by atoms with van der Waals surface area (Å²) in [6.07, 6.45) is 16.2. The van der Waals surface area contributed by atoms with Crippen molar-refractivity contribution in [3.63, 3.8) is 0 Å². The van der Waals surface area contributed by atoms with Crippen LogP contribution < -0.4 is 38.1 Å². The molecule has 2 saturated heterocycles. The topological polar surface area (TPSA) is 336 Å². The maximum Gasteiger partial charge on any atom is 0.330 e. The summed E-state index contributed by atoms with van der Waals surface area (Å²) in [5, 5.41) is 22.1. The normalized spacial score (nSPS) is 22.9. The number of carboxylic acid groups (broad SMARTS) is 1. The number of carbonyl (C=O) groups excluding carboxylic acids is 8. The standard InChI is InChI=1S/C46H71N5O12.C15H22O2.C4H10N2O/c1-10-33(24-26-62-38(55)19-15-14-18-37(53)54)41(45(60)61-11-2)51-42(57)30(5)27-46(8,9)28-39(56)63-32(7)34-20-22-35(23-21-34)49-43(58)31(6)48-44(59)40(29(3)4)50-36(52)17-13-12-16-25-47;1-10-4-6-13(2)12(8-10)17-11-5-7-14(13,3)15(11)9-16-15;1-2-3-6-4(5)7/h14-15,18-23,29-33,40-41H,10-13,16-17,24-28,47H2,1-9H3,(H,48,59)(H,49,58)(H,50,52)(H,51,57)(H,53,54);8,11-12H,4-7,9H2,1-3H3;2-3H2,1H3,(H3,5,6,7)/b18-14-,19-15+;;/t30?,31-,32?,33+,40?,41?;11?,12-,13+,14?,15+;/m01./s1. The molecule has 5 rings (SSSR count). The zero-order chi connectivity index (χ0) is 65.3. The van der Waals surface area contributed by atoms with Gasteiger partial charge in [-0.05, 0) is 127 Å². The van der Waals surface area contributed by atoms with E-state index in [4.69, 9.17) is 40.3 Å². The summed E-state index contributed by atoms with van der Waals surface area (Å²) in [4.78, 5) is 110. The summed E-state index contributed by atoms with van der Waals surface area (Å²) in [6.45, 7) is 27.1. The van der Waals surface area contributed by atoms with E-state index in [-0.39, 0.29) is 61.7 Å². The average Bonchev–Trinajstić information content (AvgIpc) is 1.52. The number of unbranched alkanes of at least 4 members (excludes halogenated alkanes) is 2. The number of carbonyl (C=O) groups is 9. The summed E-state index contributed by atoms with van der Waals surface area (Å²) in [6, 6.07) is 3.56. The third-order valence-electron chi connectivity index (χ3n) is 17.2. The summed E-state index contributed by atoms with van der Waals surface area (Å²) >= 11 is 0. The highest BCUT2D eigenvalue weighted by Gasteiger charge is 2.77. The van der Waals surface area contributed by atoms with Crippen molar-refractivity contribution < 1.29 is 71.9 Å². The highest BCUT2D eigenvalue weighted by molar-refractivity contribution is 5.98. The molecule has 0 aromatic heterocycles. The monoisotopic (exact) mass is 1220 g/mol. The van der Waals surface area contributed by atoms with Crippen LogP contribution in [0.4, 0.5) is 10.5 Å². The van der Waals surface area contributed by atoms with E-state index in [0.717, 1.165) is 38.0 Å². The lowest BCUT2D eigenvalue weighted by atomic mass is 9.53. The highest BCUT2D eigenvalue weighted by Crippen LogP contribution is 2.71. The van der Waals surface area contributed by atoms with Crippen LogP contribution >= 0.6 is 0 Å². The first-order valence-corrected chi connectivity index (χ1v) is 31.0. The van der Waals surface area contributed by atoms with E-state index in [1.807, 2.05) is 41.5 Å². The lowest BCUT2D eigenvalue weighted by molar-refractivity contribution is -0.190. The molecular weight excluding hydrogens is 1120 g/mol. The Kier molecular flexibility index (Phi) is 30.3. The number of benzene rings is 1. The molecule has 10 N–H and O–H groups in total. The van der Waals surface area contributed by atoms with E-state index in [0.29, 0.717) is 54.8 Å². The van der Waals surface area contributed by atoms with E-state index in [2.05, 4.69) is 53.4 Å². The van der Waals surface area contributed by atoms with Gasteiger partial charge in [0.2, 0.25) is 23.6 Å². The number of esters is 3. The van der Waals surface area contributed by atoms with Gasteiger partial charge in [0.05, 0.1) is 38.4 Å². The third kappa shape index (κ3) is 22.8. The molecule has 11 atom stereocenters. The van der Waals surface area contributed by atoms with Crippen molar-refractivity contribution in [3.05, 3.63) is 65.8 Å². The van der Waals surface area contributed by atoms with Crippen LogP contribution in [0.5, 0.6) is 0 Å². The predicted octanol–water partition coefficient (Wildman–Crippen LogP) is 8.17. The minimum absolute atomic E-state index is 0.00630. The maximum atomic E-state index is 13.5. The molecule has 4 aliphatic rings. The third-order valence-corrected chi connectivity index (χ3v) is 17.2. The Bertz CT molecular complexity index is 2560. The minimum atomic E-state index is -1.16. The van der Waals surface area contributed by atoms with Crippen LogP contribution in [-0.2, 0) is 62.0 Å². The Balaban J connectivity index is 0.000000664. The van der Waals surface area contributed by atoms with Crippen LogP contribution in [-0.4, -0.2) is 127 Å². The molecule has 6 amide bonds. The van der Waals surface area contributed by atoms with Crippen molar-refractivity contribution >= 4 is 59.2 Å². The Morgan fingerprint density at radius 1 is 0.851 bits per heavy atom. The van der Waals surface area contributed by atoms with Gasteiger partial charge in [0.15, 0.2) is 0 Å². The van der Waals surface area contributed by atoms with Gasteiger partial charge >= 0.3 is 29.9 Å². The fraction of sp³-hybridized carbons (Fsp3) is 0.677. The van der Waals surface area contributed by atoms with Crippen LogP contribution in [0.25, 0.3) is 0 Å². The Labute approximate surface area is 515 Å². The molecule has 488 valence electrons. The number of ether oxygens (including phenoxy) is 5. The van der Waals surface area contributed by atoms with Crippen LogP contribution in [0.2, 0.25) is 0 Å². The molecule has 1 aromatic rings. The second-order valence-electron chi connectivity index (χ2n) is 25.0. The molecule has 1 aromatic carbocycles. The minimum Gasteiger partial charge on any atom is -0.478 e. The zero-order valence-corrected chi connectivity index (χ0v) is 53.9. The Hall–Kier alpha value is -6.65. The van der Waals surface area contributed by atoms with Crippen LogP contribution in [0, 0.1) is 34.0 Å². The molecule has 2 aliphatic heterocycles. The van der Waals surface area contributed by atoms with E-state index in [1.165, 1.54) is 43.4 Å². The number of hydrogen-bond donors (Lipinski definition) is 8. The van der Waals surface area contributed by atoms with Crippen molar-refractivity contribution in [2.24, 2.45) is 45.5 Å². The number of nitrogens with one attached hydrogen (secondary N) is 5. The molecule has 1 spiro atoms. The molecule has 0 radical (unpaired) electrons. The summed E-state index contributed by atoms with van der Waals surface area (Å²) < 4.78 is 28.5. The first-order chi connectivity index (χ1) is 40.9. The summed E-state index contributed by atoms with van der Waals surface area (Å²) in [7, 11) is 0.